The van der Waals surface area contributed by atoms with Gasteiger partial charge in [-0.3, -0.25) is 14.9 Å². The summed E-state index contributed by atoms with van der Waals surface area (Å²) in [5.74, 6) is 0.312. The van der Waals surface area contributed by atoms with Gasteiger partial charge in [-0.15, -0.1) is 0 Å². The van der Waals surface area contributed by atoms with Gasteiger partial charge in [-0.2, -0.15) is 0 Å². The number of nitro benzene ring substituents is 1. The maximum Gasteiger partial charge on any atom is 0.310 e. The van der Waals surface area contributed by atoms with Crippen LogP contribution in [0.2, 0.25) is 0 Å². The monoisotopic (exact) mass is 301 g/mol. The van der Waals surface area contributed by atoms with E-state index in [1.165, 1.54) is 12.1 Å². The number of non-ortho nitro benzene ring substituents is 1. The second-order valence-corrected chi connectivity index (χ2v) is 4.61. The molecule has 6 nitrogen and oxygen atoms in total. The van der Waals surface area contributed by atoms with Gasteiger partial charge >= 0.3 is 5.97 Å². The van der Waals surface area contributed by atoms with Crippen LogP contribution in [0.3, 0.4) is 0 Å². The van der Waals surface area contributed by atoms with E-state index in [1.54, 1.807) is 37.4 Å². The summed E-state index contributed by atoms with van der Waals surface area (Å²) in [7, 11) is 1.56. The zero-order valence-corrected chi connectivity index (χ0v) is 12.0. The molecule has 0 saturated carbocycles. The first kappa shape index (κ1) is 15.5. The SMILES string of the molecule is COc1cccc(CC(=O)OCc2ccc([N+](=O)[O-])cc2)c1. The molecule has 0 saturated heterocycles. The van der Waals surface area contributed by atoms with Crippen molar-refractivity contribution >= 4 is 11.7 Å². The van der Waals surface area contributed by atoms with Crippen LogP contribution in [-0.2, 0) is 22.6 Å². The molecule has 0 aliphatic rings. The van der Waals surface area contributed by atoms with Crippen molar-refractivity contribution in [2.75, 3.05) is 7.11 Å². The number of rotatable bonds is 6. The molecule has 2 rings (SSSR count). The van der Waals surface area contributed by atoms with E-state index in [1.807, 2.05) is 6.07 Å². The lowest BCUT2D eigenvalue weighted by Crippen LogP contribution is -2.08. The Morgan fingerprint density at radius 3 is 2.50 bits per heavy atom. The molecule has 0 radical (unpaired) electrons. The Morgan fingerprint density at radius 1 is 1.14 bits per heavy atom. The molecule has 0 atom stereocenters. The Bertz CT molecular complexity index is 666. The molecular weight excluding hydrogens is 286 g/mol. The molecule has 2 aromatic carbocycles. The van der Waals surface area contributed by atoms with E-state index in [0.29, 0.717) is 11.3 Å². The first-order chi connectivity index (χ1) is 10.6. The van der Waals surface area contributed by atoms with Crippen LogP contribution >= 0.6 is 0 Å². The number of esters is 1. The summed E-state index contributed by atoms with van der Waals surface area (Å²) in [5, 5.41) is 10.5. The summed E-state index contributed by atoms with van der Waals surface area (Å²) in [6.45, 7) is 0.0841. The lowest BCUT2D eigenvalue weighted by Gasteiger charge is -2.06. The highest BCUT2D eigenvalue weighted by Gasteiger charge is 2.08. The minimum Gasteiger partial charge on any atom is -0.497 e. The Hall–Kier alpha value is -2.89. The zero-order chi connectivity index (χ0) is 15.9. The molecule has 0 bridgehead atoms. The molecule has 0 aromatic heterocycles. The van der Waals surface area contributed by atoms with Gasteiger partial charge in [-0.25, -0.2) is 0 Å². The summed E-state index contributed by atoms with van der Waals surface area (Å²) in [4.78, 5) is 21.9. The predicted molar refractivity (Wildman–Crippen MR) is 79.6 cm³/mol. The molecule has 0 fully saturated rings. The first-order valence-electron chi connectivity index (χ1n) is 6.60. The van der Waals surface area contributed by atoms with Crippen LogP contribution in [0.1, 0.15) is 11.1 Å². The second kappa shape index (κ2) is 7.21. The van der Waals surface area contributed by atoms with Gasteiger partial charge < -0.3 is 9.47 Å². The molecule has 0 amide bonds. The smallest absolute Gasteiger partial charge is 0.310 e. The van der Waals surface area contributed by atoms with Crippen LogP contribution in [0.5, 0.6) is 5.75 Å². The Morgan fingerprint density at radius 2 is 1.86 bits per heavy atom. The van der Waals surface area contributed by atoms with E-state index in [4.69, 9.17) is 9.47 Å². The maximum absolute atomic E-state index is 11.8. The van der Waals surface area contributed by atoms with E-state index in [2.05, 4.69) is 0 Å². The van der Waals surface area contributed by atoms with E-state index >= 15 is 0 Å². The van der Waals surface area contributed by atoms with Gasteiger partial charge in [0.25, 0.3) is 5.69 Å². The number of nitro groups is 1. The van der Waals surface area contributed by atoms with Gasteiger partial charge in [0.05, 0.1) is 18.5 Å². The van der Waals surface area contributed by atoms with Gasteiger partial charge in [-0.1, -0.05) is 12.1 Å². The summed E-state index contributed by atoms with van der Waals surface area (Å²) >= 11 is 0. The van der Waals surface area contributed by atoms with E-state index in [0.717, 1.165) is 5.56 Å². The zero-order valence-electron chi connectivity index (χ0n) is 12.0. The molecule has 2 aromatic rings. The summed E-state index contributed by atoms with van der Waals surface area (Å²) in [6.07, 6.45) is 0.143. The average molecular weight is 301 g/mol. The first-order valence-corrected chi connectivity index (χ1v) is 6.60. The van der Waals surface area contributed by atoms with Crippen molar-refractivity contribution in [3.05, 3.63) is 69.8 Å². The third-order valence-corrected chi connectivity index (χ3v) is 3.03. The highest BCUT2D eigenvalue weighted by atomic mass is 16.6. The largest absolute Gasteiger partial charge is 0.497 e. The van der Waals surface area contributed by atoms with Crippen molar-refractivity contribution in [1.82, 2.24) is 0 Å². The molecule has 0 aliphatic heterocycles. The number of hydrogen-bond acceptors (Lipinski definition) is 5. The quantitative estimate of drug-likeness (QED) is 0.465. The molecule has 0 unspecified atom stereocenters. The summed E-state index contributed by atoms with van der Waals surface area (Å²) < 4.78 is 10.2. The number of ether oxygens (including phenoxy) is 2. The van der Waals surface area contributed by atoms with Crippen molar-refractivity contribution in [3.63, 3.8) is 0 Å². The highest BCUT2D eigenvalue weighted by molar-refractivity contribution is 5.72. The van der Waals surface area contributed by atoms with Crippen LogP contribution in [0.25, 0.3) is 0 Å². The van der Waals surface area contributed by atoms with Gasteiger partial charge in [-0.05, 0) is 35.4 Å². The van der Waals surface area contributed by atoms with Gasteiger partial charge in [0.1, 0.15) is 12.4 Å². The molecular formula is C16H15NO5. The molecule has 0 N–H and O–H groups in total. The minimum absolute atomic E-state index is 0.00598. The van der Waals surface area contributed by atoms with Crippen LogP contribution in [0.15, 0.2) is 48.5 Å². The van der Waals surface area contributed by atoms with Crippen molar-refractivity contribution < 1.29 is 19.2 Å². The number of hydrogen-bond donors (Lipinski definition) is 0. The maximum atomic E-state index is 11.8. The van der Waals surface area contributed by atoms with E-state index < -0.39 is 4.92 Å². The van der Waals surface area contributed by atoms with Crippen LogP contribution in [-0.4, -0.2) is 18.0 Å². The van der Waals surface area contributed by atoms with E-state index in [-0.39, 0.29) is 24.7 Å². The fraction of sp³-hybridized carbons (Fsp3) is 0.188. The Labute approximate surface area is 127 Å². The number of nitrogens with zero attached hydrogens (tertiary/aromatic N) is 1. The van der Waals surface area contributed by atoms with Gasteiger partial charge in [0.2, 0.25) is 0 Å². The Balaban J connectivity index is 1.88. The van der Waals surface area contributed by atoms with Gasteiger partial charge in [0.15, 0.2) is 0 Å². The number of methoxy groups -OCH3 is 1. The lowest BCUT2D eigenvalue weighted by atomic mass is 10.1. The average Bonchev–Trinajstić information content (AvgIpc) is 2.53. The normalized spacial score (nSPS) is 10.0. The molecule has 22 heavy (non-hydrogen) atoms. The van der Waals surface area contributed by atoms with Crippen LogP contribution in [0.4, 0.5) is 5.69 Å². The number of benzene rings is 2. The Kier molecular flexibility index (Phi) is 5.08. The standard InChI is InChI=1S/C16H15NO5/c1-21-15-4-2-3-13(9-15)10-16(18)22-11-12-5-7-14(8-6-12)17(19)20/h2-9H,10-11H2,1H3. The number of carbonyl (C=O) groups is 1. The van der Waals surface area contributed by atoms with Gasteiger partial charge in [0, 0.05) is 12.1 Å². The van der Waals surface area contributed by atoms with Crippen molar-refractivity contribution in [1.29, 1.82) is 0 Å². The third kappa shape index (κ3) is 4.31. The lowest BCUT2D eigenvalue weighted by molar-refractivity contribution is -0.384. The fourth-order valence-corrected chi connectivity index (χ4v) is 1.88. The summed E-state index contributed by atoms with van der Waals surface area (Å²) in [5.41, 5.74) is 1.50. The van der Waals surface area contributed by atoms with Crippen molar-refractivity contribution in [2.45, 2.75) is 13.0 Å². The molecule has 0 spiro atoms. The highest BCUT2D eigenvalue weighted by Crippen LogP contribution is 2.15. The molecule has 6 heteroatoms. The van der Waals surface area contributed by atoms with Crippen molar-refractivity contribution in [3.8, 4) is 5.75 Å². The molecule has 0 aliphatic carbocycles. The third-order valence-electron chi connectivity index (χ3n) is 3.03. The topological polar surface area (TPSA) is 78.7 Å². The molecule has 114 valence electrons. The predicted octanol–water partition coefficient (Wildman–Crippen LogP) is 2.89. The van der Waals surface area contributed by atoms with E-state index in [9.17, 15) is 14.9 Å². The van der Waals surface area contributed by atoms with Crippen molar-refractivity contribution in [2.24, 2.45) is 0 Å². The second-order valence-electron chi connectivity index (χ2n) is 4.61. The minimum atomic E-state index is -0.474. The molecule has 0 heterocycles. The number of carbonyl (C=O) groups excluding carboxylic acids is 1. The van der Waals surface area contributed by atoms with Crippen LogP contribution < -0.4 is 4.74 Å². The van der Waals surface area contributed by atoms with Crippen LogP contribution in [0, 0.1) is 10.1 Å². The summed E-state index contributed by atoms with van der Waals surface area (Å²) in [6, 6.07) is 13.1. The fourth-order valence-electron chi connectivity index (χ4n) is 1.88.